The number of urea groups is 1. The lowest BCUT2D eigenvalue weighted by Gasteiger charge is -2.33. The second-order valence-corrected chi connectivity index (χ2v) is 11.7. The molecule has 4 rings (SSSR count). The number of nitrogens with zero attached hydrogens (tertiary/aromatic N) is 1. The van der Waals surface area contributed by atoms with Crippen LogP contribution in [0.5, 0.6) is 11.5 Å². The van der Waals surface area contributed by atoms with Crippen molar-refractivity contribution in [2.45, 2.75) is 51.6 Å². The van der Waals surface area contributed by atoms with Gasteiger partial charge in [0.15, 0.2) is 11.5 Å². The van der Waals surface area contributed by atoms with Gasteiger partial charge in [-0.05, 0) is 69.1 Å². The van der Waals surface area contributed by atoms with E-state index < -0.39 is 7.60 Å². The van der Waals surface area contributed by atoms with Gasteiger partial charge in [0.05, 0.1) is 26.5 Å². The summed E-state index contributed by atoms with van der Waals surface area (Å²) in [5.41, 5.74) is 1.12. The highest BCUT2D eigenvalue weighted by Crippen LogP contribution is 2.48. The van der Waals surface area contributed by atoms with Gasteiger partial charge in [-0.25, -0.2) is 4.79 Å². The van der Waals surface area contributed by atoms with Crippen molar-refractivity contribution >= 4 is 13.6 Å². The zero-order valence-electron chi connectivity index (χ0n) is 21.1. The Kier molecular flexibility index (Phi) is 8.79. The average Bonchev–Trinajstić information content (AvgIpc) is 3.47. The minimum Gasteiger partial charge on any atom is -0.493 e. The van der Waals surface area contributed by atoms with E-state index in [9.17, 15) is 9.36 Å². The first-order valence-electron chi connectivity index (χ1n) is 12.8. The third kappa shape index (κ3) is 6.41. The Hall–Kier alpha value is -2.02. The van der Waals surface area contributed by atoms with Crippen LogP contribution in [0.2, 0.25) is 0 Å². The van der Waals surface area contributed by atoms with Gasteiger partial charge >= 0.3 is 13.6 Å². The molecule has 194 valence electrons. The van der Waals surface area contributed by atoms with Crippen molar-refractivity contribution in [2.24, 2.45) is 11.8 Å². The second-order valence-electron chi connectivity index (χ2n) is 9.63. The summed E-state index contributed by atoms with van der Waals surface area (Å²) in [6, 6.07) is 6.01. The standard InChI is InChI=1S/C26H39N2O6P/c1-4-32-35(30,33-5-2)13-7-6-12-28-18-22(17-27-26(28)29)20-10-11-23(31-3)25(16-20)34-24-15-19-8-9-21(24)14-19/h6-7,10-11,16,19,21-22,24H,4-5,8-9,12-15,17-18H2,1-3H3,(H,27,29)/b7-6+/t19-,21+,22?,24-/m0/s1. The van der Waals surface area contributed by atoms with Crippen LogP contribution in [0.15, 0.2) is 30.4 Å². The monoisotopic (exact) mass is 506 g/mol. The van der Waals surface area contributed by atoms with E-state index in [2.05, 4.69) is 17.4 Å². The molecule has 2 aliphatic carbocycles. The second kappa shape index (κ2) is 11.8. The Labute approximate surface area is 208 Å². The summed E-state index contributed by atoms with van der Waals surface area (Å²) in [6.45, 7) is 5.83. The lowest BCUT2D eigenvalue weighted by atomic mass is 9.95. The highest BCUT2D eigenvalue weighted by molar-refractivity contribution is 7.54. The Morgan fingerprint density at radius 3 is 2.57 bits per heavy atom. The van der Waals surface area contributed by atoms with Crippen LogP contribution < -0.4 is 14.8 Å². The molecule has 35 heavy (non-hydrogen) atoms. The number of amides is 2. The molecule has 0 radical (unpaired) electrons. The van der Waals surface area contributed by atoms with Crippen molar-refractivity contribution in [3.05, 3.63) is 35.9 Å². The number of fused-ring (bicyclic) bond motifs is 2. The van der Waals surface area contributed by atoms with Crippen molar-refractivity contribution in [3.63, 3.8) is 0 Å². The van der Waals surface area contributed by atoms with Crippen LogP contribution >= 0.6 is 7.60 Å². The van der Waals surface area contributed by atoms with Crippen molar-refractivity contribution in [1.82, 2.24) is 10.2 Å². The number of benzene rings is 1. The summed E-state index contributed by atoms with van der Waals surface area (Å²) < 4.78 is 35.3. The maximum absolute atomic E-state index is 12.6. The van der Waals surface area contributed by atoms with Gasteiger partial charge in [0.2, 0.25) is 0 Å². The Morgan fingerprint density at radius 1 is 1.11 bits per heavy atom. The van der Waals surface area contributed by atoms with Crippen LogP contribution in [-0.2, 0) is 13.6 Å². The van der Waals surface area contributed by atoms with Crippen molar-refractivity contribution < 1.29 is 27.9 Å². The zero-order valence-corrected chi connectivity index (χ0v) is 22.0. The van der Waals surface area contributed by atoms with Crippen LogP contribution in [-0.4, -0.2) is 63.2 Å². The maximum Gasteiger partial charge on any atom is 0.334 e. The van der Waals surface area contributed by atoms with Gasteiger partial charge in [-0.15, -0.1) is 0 Å². The van der Waals surface area contributed by atoms with Crippen LogP contribution in [0.1, 0.15) is 51.0 Å². The molecule has 1 heterocycles. The smallest absolute Gasteiger partial charge is 0.334 e. The van der Waals surface area contributed by atoms with Crippen LogP contribution in [0.3, 0.4) is 0 Å². The number of rotatable bonds is 12. The largest absolute Gasteiger partial charge is 0.493 e. The Bertz CT molecular complexity index is 944. The van der Waals surface area contributed by atoms with E-state index in [0.29, 0.717) is 38.8 Å². The fourth-order valence-electron chi connectivity index (χ4n) is 5.59. The molecule has 4 atom stereocenters. The van der Waals surface area contributed by atoms with Gasteiger partial charge in [-0.2, -0.15) is 0 Å². The summed E-state index contributed by atoms with van der Waals surface area (Å²) in [6.07, 6.45) is 9.11. The van der Waals surface area contributed by atoms with Crippen molar-refractivity contribution in [1.29, 1.82) is 0 Å². The van der Waals surface area contributed by atoms with Gasteiger partial charge in [-0.1, -0.05) is 18.2 Å². The lowest BCUT2D eigenvalue weighted by Crippen LogP contribution is -2.50. The van der Waals surface area contributed by atoms with E-state index in [-0.39, 0.29) is 24.2 Å². The quantitative estimate of drug-likeness (QED) is 0.310. The summed E-state index contributed by atoms with van der Waals surface area (Å²) in [5.74, 6) is 3.15. The van der Waals surface area contributed by atoms with Gasteiger partial charge in [0, 0.05) is 25.6 Å². The van der Waals surface area contributed by atoms with E-state index in [1.807, 2.05) is 12.1 Å². The van der Waals surface area contributed by atoms with Crippen LogP contribution in [0, 0.1) is 11.8 Å². The molecule has 1 aliphatic heterocycles. The summed E-state index contributed by atoms with van der Waals surface area (Å²) >= 11 is 0. The fraction of sp³-hybridized carbons (Fsp3) is 0.654. The molecule has 1 N–H and O–H groups in total. The number of carbonyl (C=O) groups is 1. The summed E-state index contributed by atoms with van der Waals surface area (Å²) in [5, 5.41) is 3.00. The molecule has 2 amide bonds. The topological polar surface area (TPSA) is 86.3 Å². The van der Waals surface area contributed by atoms with Crippen LogP contribution in [0.25, 0.3) is 0 Å². The molecule has 3 fully saturated rings. The number of hydrogen-bond acceptors (Lipinski definition) is 6. The molecule has 0 spiro atoms. The summed E-state index contributed by atoms with van der Waals surface area (Å²) in [4.78, 5) is 14.2. The highest BCUT2D eigenvalue weighted by atomic mass is 31.2. The number of ether oxygens (including phenoxy) is 2. The molecule has 1 aromatic carbocycles. The fourth-order valence-corrected chi connectivity index (χ4v) is 7.07. The normalized spacial score (nSPS) is 26.4. The molecule has 1 aromatic rings. The number of allylic oxidation sites excluding steroid dienone is 1. The highest BCUT2D eigenvalue weighted by Gasteiger charge is 2.41. The molecule has 9 heteroatoms. The molecule has 1 unspecified atom stereocenters. The molecule has 2 bridgehead atoms. The number of carbonyl (C=O) groups excluding carboxylic acids is 1. The van der Waals surface area contributed by atoms with Gasteiger partial charge in [-0.3, -0.25) is 4.57 Å². The zero-order chi connectivity index (χ0) is 24.8. The predicted molar refractivity (Wildman–Crippen MR) is 135 cm³/mol. The Morgan fingerprint density at radius 2 is 1.91 bits per heavy atom. The van der Waals surface area contributed by atoms with Gasteiger partial charge in [0.25, 0.3) is 0 Å². The van der Waals surface area contributed by atoms with E-state index in [1.54, 1.807) is 31.9 Å². The number of hydrogen-bond donors (Lipinski definition) is 1. The van der Waals surface area contributed by atoms with Gasteiger partial charge in [0.1, 0.15) is 6.10 Å². The van der Waals surface area contributed by atoms with Crippen LogP contribution in [0.4, 0.5) is 4.79 Å². The van der Waals surface area contributed by atoms with E-state index in [0.717, 1.165) is 29.4 Å². The molecule has 2 saturated carbocycles. The molecular formula is C26H39N2O6P. The minimum atomic E-state index is -3.13. The molecule has 8 nitrogen and oxygen atoms in total. The van der Waals surface area contributed by atoms with Crippen molar-refractivity contribution in [2.75, 3.05) is 46.1 Å². The van der Waals surface area contributed by atoms with E-state index in [1.165, 1.54) is 19.3 Å². The predicted octanol–water partition coefficient (Wildman–Crippen LogP) is 5.19. The Balaban J connectivity index is 1.38. The summed E-state index contributed by atoms with van der Waals surface area (Å²) in [7, 11) is -1.45. The van der Waals surface area contributed by atoms with Crippen molar-refractivity contribution in [3.8, 4) is 11.5 Å². The average molecular weight is 507 g/mol. The third-order valence-corrected chi connectivity index (χ3v) is 9.27. The maximum atomic E-state index is 12.6. The first kappa shape index (κ1) is 26.1. The van der Waals surface area contributed by atoms with Gasteiger partial charge < -0.3 is 28.7 Å². The van der Waals surface area contributed by atoms with E-state index in [4.69, 9.17) is 18.5 Å². The molecular weight excluding hydrogens is 467 g/mol. The first-order valence-corrected chi connectivity index (χ1v) is 14.6. The molecule has 0 aromatic heterocycles. The minimum absolute atomic E-state index is 0.101. The number of methoxy groups -OCH3 is 1. The number of nitrogens with one attached hydrogen (secondary N) is 1. The molecule has 3 aliphatic rings. The van der Waals surface area contributed by atoms with E-state index >= 15 is 0 Å². The third-order valence-electron chi connectivity index (χ3n) is 7.31. The molecule has 1 saturated heterocycles. The SMILES string of the molecule is CCOP(=O)(C/C=C/CN1CC(c2ccc(OC)c(O[C@H]3C[C@H]4CC[C@@H]3C4)c2)CNC1=O)OCC. The lowest BCUT2D eigenvalue weighted by molar-refractivity contribution is 0.133. The first-order chi connectivity index (χ1) is 16.9.